The van der Waals surface area contributed by atoms with E-state index in [-0.39, 0.29) is 23.6 Å². The number of amides is 3. The second-order valence-electron chi connectivity index (χ2n) is 9.39. The molecule has 1 aliphatic heterocycles. The third-order valence-electron chi connectivity index (χ3n) is 7.12. The number of benzene rings is 1. The van der Waals surface area contributed by atoms with Crippen LogP contribution in [0.25, 0.3) is 11.3 Å². The number of likely N-dealkylation sites (N-methyl/N-ethyl adjacent to an activating group) is 1. The van der Waals surface area contributed by atoms with Gasteiger partial charge in [0, 0.05) is 23.6 Å². The molecule has 2 fully saturated rings. The monoisotopic (exact) mass is 498 g/mol. The van der Waals surface area contributed by atoms with Crippen LogP contribution < -0.4 is 16.0 Å². The van der Waals surface area contributed by atoms with Crippen LogP contribution in [0.5, 0.6) is 0 Å². The molecule has 1 aromatic heterocycles. The first-order valence-electron chi connectivity index (χ1n) is 12.5. The molecule has 35 heavy (non-hydrogen) atoms. The Kier molecular flexibility index (Phi) is 8.46. The van der Waals surface area contributed by atoms with E-state index in [2.05, 4.69) is 25.5 Å². The average Bonchev–Trinajstić information content (AvgIpc) is 3.57. The van der Waals surface area contributed by atoms with E-state index in [0.29, 0.717) is 23.7 Å². The van der Waals surface area contributed by atoms with Gasteiger partial charge in [-0.1, -0.05) is 54.1 Å². The van der Waals surface area contributed by atoms with E-state index in [1.165, 1.54) is 0 Å². The van der Waals surface area contributed by atoms with Crippen molar-refractivity contribution in [1.82, 2.24) is 25.1 Å². The van der Waals surface area contributed by atoms with E-state index < -0.39 is 18.1 Å². The number of nitrogens with one attached hydrogen (secondary N) is 3. The average molecular weight is 499 g/mol. The molecule has 1 aromatic carbocycles. The summed E-state index contributed by atoms with van der Waals surface area (Å²) in [5.41, 5.74) is 1.49. The van der Waals surface area contributed by atoms with Gasteiger partial charge >= 0.3 is 0 Å². The zero-order valence-corrected chi connectivity index (χ0v) is 21.1. The maximum absolute atomic E-state index is 13.8. The molecule has 9 nitrogen and oxygen atoms in total. The SMILES string of the molecule is CN[C@H](C)C(=O)N[C@@H](C(=O)N1CCC[C@@H]1C(=O)Nc1snnc1-c1ccccc1)C1CCCCC1. The number of aromatic nitrogens is 2. The fourth-order valence-electron chi connectivity index (χ4n) is 4.99. The minimum absolute atomic E-state index is 0.0870. The molecule has 188 valence electrons. The van der Waals surface area contributed by atoms with Gasteiger partial charge in [0.1, 0.15) is 22.8 Å². The second kappa shape index (κ2) is 11.7. The smallest absolute Gasteiger partial charge is 0.247 e. The number of likely N-dealkylation sites (tertiary alicyclic amines) is 1. The molecule has 2 aliphatic rings. The Labute approximate surface area is 210 Å². The van der Waals surface area contributed by atoms with Gasteiger partial charge in [0.25, 0.3) is 0 Å². The Hall–Kier alpha value is -2.85. The lowest BCUT2D eigenvalue weighted by Gasteiger charge is -2.35. The summed E-state index contributed by atoms with van der Waals surface area (Å²) in [6, 6.07) is 7.97. The first-order valence-corrected chi connectivity index (χ1v) is 13.2. The van der Waals surface area contributed by atoms with Crippen molar-refractivity contribution < 1.29 is 14.4 Å². The number of anilines is 1. The second-order valence-corrected chi connectivity index (χ2v) is 10.1. The lowest BCUT2D eigenvalue weighted by molar-refractivity contribution is -0.142. The summed E-state index contributed by atoms with van der Waals surface area (Å²) in [5.74, 6) is -0.503. The van der Waals surface area contributed by atoms with E-state index in [4.69, 9.17) is 0 Å². The molecule has 0 unspecified atom stereocenters. The Morgan fingerprint density at radius 2 is 1.80 bits per heavy atom. The first kappa shape index (κ1) is 25.2. The Bertz CT molecular complexity index is 1020. The molecule has 1 aliphatic carbocycles. The molecule has 1 saturated carbocycles. The van der Waals surface area contributed by atoms with Crippen molar-refractivity contribution >= 4 is 34.3 Å². The largest absolute Gasteiger partial charge is 0.343 e. The number of rotatable bonds is 8. The molecule has 3 atom stereocenters. The van der Waals surface area contributed by atoms with Crippen LogP contribution in [0.1, 0.15) is 51.9 Å². The van der Waals surface area contributed by atoms with Crippen molar-refractivity contribution in [1.29, 1.82) is 0 Å². The molecule has 2 heterocycles. The summed E-state index contributed by atoms with van der Waals surface area (Å²) < 4.78 is 4.02. The van der Waals surface area contributed by atoms with Crippen molar-refractivity contribution in [3.05, 3.63) is 30.3 Å². The third-order valence-corrected chi connectivity index (χ3v) is 7.76. The van der Waals surface area contributed by atoms with E-state index in [1.807, 2.05) is 30.3 Å². The summed E-state index contributed by atoms with van der Waals surface area (Å²) in [6.45, 7) is 2.28. The third kappa shape index (κ3) is 5.87. The van der Waals surface area contributed by atoms with E-state index in [0.717, 1.165) is 55.6 Å². The van der Waals surface area contributed by atoms with Gasteiger partial charge in [0.05, 0.1) is 6.04 Å². The van der Waals surface area contributed by atoms with Gasteiger partial charge in [-0.3, -0.25) is 14.4 Å². The normalized spacial score (nSPS) is 20.3. The Balaban J connectivity index is 1.50. The van der Waals surface area contributed by atoms with Gasteiger partial charge in [-0.15, -0.1) is 5.10 Å². The summed E-state index contributed by atoms with van der Waals surface area (Å²) >= 11 is 1.12. The van der Waals surface area contributed by atoms with Crippen LogP contribution in [0.15, 0.2) is 30.3 Å². The minimum Gasteiger partial charge on any atom is -0.343 e. The molecule has 2 aromatic rings. The van der Waals surface area contributed by atoms with Gasteiger partial charge in [-0.2, -0.15) is 0 Å². The first-order chi connectivity index (χ1) is 17.0. The zero-order chi connectivity index (χ0) is 24.8. The molecule has 0 radical (unpaired) electrons. The van der Waals surface area contributed by atoms with Crippen molar-refractivity contribution in [2.45, 2.75) is 70.0 Å². The standard InChI is InChI=1S/C25H34N6O3S/c1-16(26-2)22(32)27-21(18-12-7-4-8-13-18)25(34)31-15-9-14-19(31)23(33)28-24-20(29-30-35-24)17-10-5-3-6-11-17/h3,5-6,10-11,16,18-19,21,26H,4,7-9,12-15H2,1-2H3,(H,27,32)(H,28,33)/t16-,19-,21-/m1/s1. The quantitative estimate of drug-likeness (QED) is 0.515. The van der Waals surface area contributed by atoms with Gasteiger partial charge in [0.15, 0.2) is 0 Å². The van der Waals surface area contributed by atoms with E-state index in [1.54, 1.807) is 18.9 Å². The number of hydrogen-bond donors (Lipinski definition) is 3. The van der Waals surface area contributed by atoms with Crippen molar-refractivity contribution in [2.24, 2.45) is 5.92 Å². The van der Waals surface area contributed by atoms with Crippen molar-refractivity contribution in [2.75, 3.05) is 18.9 Å². The molecular formula is C25H34N6O3S. The van der Waals surface area contributed by atoms with Gasteiger partial charge in [-0.25, -0.2) is 0 Å². The molecular weight excluding hydrogens is 464 g/mol. The highest BCUT2D eigenvalue weighted by Crippen LogP contribution is 2.31. The Morgan fingerprint density at radius 3 is 2.51 bits per heavy atom. The van der Waals surface area contributed by atoms with Crippen molar-refractivity contribution in [3.63, 3.8) is 0 Å². The van der Waals surface area contributed by atoms with Crippen LogP contribution in [0.2, 0.25) is 0 Å². The summed E-state index contributed by atoms with van der Waals surface area (Å²) in [4.78, 5) is 41.5. The highest BCUT2D eigenvalue weighted by Gasteiger charge is 2.41. The molecule has 4 rings (SSSR count). The molecule has 0 bridgehead atoms. The van der Waals surface area contributed by atoms with Crippen molar-refractivity contribution in [3.8, 4) is 11.3 Å². The predicted octanol–water partition coefficient (Wildman–Crippen LogP) is 2.81. The molecule has 0 spiro atoms. The number of nitrogens with zero attached hydrogens (tertiary/aromatic N) is 3. The number of carbonyl (C=O) groups is 3. The fraction of sp³-hybridized carbons (Fsp3) is 0.560. The zero-order valence-electron chi connectivity index (χ0n) is 20.3. The van der Waals surface area contributed by atoms with Crippen LogP contribution in [0, 0.1) is 5.92 Å². The Morgan fingerprint density at radius 1 is 1.06 bits per heavy atom. The van der Waals surface area contributed by atoms with Gasteiger partial charge in [0.2, 0.25) is 17.7 Å². The molecule has 10 heteroatoms. The summed E-state index contributed by atoms with van der Waals surface area (Å²) in [7, 11) is 1.72. The minimum atomic E-state index is -0.614. The highest BCUT2D eigenvalue weighted by atomic mass is 32.1. The molecule has 3 N–H and O–H groups in total. The summed E-state index contributed by atoms with van der Waals surface area (Å²) in [6.07, 6.45) is 6.40. The van der Waals surface area contributed by atoms with Crippen LogP contribution in [-0.2, 0) is 14.4 Å². The summed E-state index contributed by atoms with van der Waals surface area (Å²) in [5, 5.41) is 13.7. The van der Waals surface area contributed by atoms with E-state index >= 15 is 0 Å². The highest BCUT2D eigenvalue weighted by molar-refractivity contribution is 7.10. The van der Waals surface area contributed by atoms with Gasteiger partial charge in [-0.05, 0) is 45.6 Å². The van der Waals surface area contributed by atoms with Crippen LogP contribution in [0.4, 0.5) is 5.00 Å². The molecule has 1 saturated heterocycles. The lowest BCUT2D eigenvalue weighted by atomic mass is 9.83. The van der Waals surface area contributed by atoms with E-state index in [9.17, 15) is 14.4 Å². The number of carbonyl (C=O) groups excluding carboxylic acids is 3. The maximum Gasteiger partial charge on any atom is 0.247 e. The fourth-order valence-corrected chi connectivity index (χ4v) is 5.59. The van der Waals surface area contributed by atoms with Crippen LogP contribution in [0.3, 0.4) is 0 Å². The van der Waals surface area contributed by atoms with Crippen LogP contribution in [-0.4, -0.2) is 63.9 Å². The topological polar surface area (TPSA) is 116 Å². The predicted molar refractivity (Wildman–Crippen MR) is 136 cm³/mol. The van der Waals surface area contributed by atoms with Gasteiger partial charge < -0.3 is 20.9 Å². The lowest BCUT2D eigenvalue weighted by Crippen LogP contribution is -2.57. The molecule has 3 amide bonds. The number of hydrogen-bond acceptors (Lipinski definition) is 7. The maximum atomic E-state index is 13.8. The van der Waals surface area contributed by atoms with Crippen LogP contribution >= 0.6 is 11.5 Å².